The van der Waals surface area contributed by atoms with Crippen molar-refractivity contribution in [3.63, 3.8) is 0 Å². The number of guanidine groups is 1. The fraction of sp³-hybridized carbons (Fsp3) is 0.459. The predicted octanol–water partition coefficient (Wildman–Crippen LogP) is -1.33. The second-order valence-corrected chi connectivity index (χ2v) is 13.7. The number of carbonyl (C=O) groups is 7. The SMILES string of the molecule is C[C@@H](O)[C@H](Nc1ccc(O)c2c1C(=O)c1ccccc1C2=O)C(=O)N[C@@H](CCCCNCC(N)=O)C(=O)N1CCC[C@H]1C(=O)N[C@@H](CCCN=C(N)N)C(=O)O. The highest BCUT2D eigenvalue weighted by Gasteiger charge is 2.40. The predicted molar refractivity (Wildman–Crippen MR) is 203 cm³/mol. The molecule has 56 heavy (non-hydrogen) atoms. The number of rotatable bonds is 20. The minimum Gasteiger partial charge on any atom is -0.507 e. The van der Waals surface area contributed by atoms with Gasteiger partial charge in [0.15, 0.2) is 17.5 Å². The molecular formula is C37H49N9O10. The molecule has 0 saturated carbocycles. The van der Waals surface area contributed by atoms with Gasteiger partial charge in [-0.2, -0.15) is 0 Å². The first-order valence-electron chi connectivity index (χ1n) is 18.3. The highest BCUT2D eigenvalue weighted by molar-refractivity contribution is 6.31. The zero-order valence-corrected chi connectivity index (χ0v) is 31.0. The first-order valence-corrected chi connectivity index (χ1v) is 18.3. The Labute approximate surface area is 322 Å². The Bertz CT molecular complexity index is 1860. The number of aliphatic carboxylic acids is 1. The average molecular weight is 780 g/mol. The Morgan fingerprint density at radius 3 is 2.20 bits per heavy atom. The first kappa shape index (κ1) is 42.7. The molecule has 13 N–H and O–H groups in total. The van der Waals surface area contributed by atoms with Gasteiger partial charge in [0, 0.05) is 29.9 Å². The quantitative estimate of drug-likeness (QED) is 0.0275. The van der Waals surface area contributed by atoms with Crippen LogP contribution in [0.5, 0.6) is 5.75 Å². The smallest absolute Gasteiger partial charge is 0.326 e. The highest BCUT2D eigenvalue weighted by Crippen LogP contribution is 2.37. The number of primary amides is 1. The molecule has 5 atom stereocenters. The molecule has 19 nitrogen and oxygen atoms in total. The summed E-state index contributed by atoms with van der Waals surface area (Å²) in [7, 11) is 0. The van der Waals surface area contributed by atoms with Crippen LogP contribution in [0.2, 0.25) is 0 Å². The summed E-state index contributed by atoms with van der Waals surface area (Å²) in [5.74, 6) is -5.79. The first-order chi connectivity index (χ1) is 26.6. The molecule has 0 aromatic heterocycles. The van der Waals surface area contributed by atoms with Gasteiger partial charge < -0.3 is 58.7 Å². The lowest BCUT2D eigenvalue weighted by Gasteiger charge is -2.31. The van der Waals surface area contributed by atoms with Crippen LogP contribution in [0.25, 0.3) is 0 Å². The third-order valence-corrected chi connectivity index (χ3v) is 9.54. The van der Waals surface area contributed by atoms with Gasteiger partial charge in [-0.15, -0.1) is 0 Å². The summed E-state index contributed by atoms with van der Waals surface area (Å²) in [5.41, 5.74) is 15.6. The van der Waals surface area contributed by atoms with Gasteiger partial charge in [-0.3, -0.25) is 33.8 Å². The molecule has 302 valence electrons. The van der Waals surface area contributed by atoms with Crippen LogP contribution in [0.4, 0.5) is 5.69 Å². The van der Waals surface area contributed by atoms with Gasteiger partial charge in [0.05, 0.1) is 23.8 Å². The maximum absolute atomic E-state index is 14.2. The molecule has 0 bridgehead atoms. The molecule has 1 aliphatic carbocycles. The topological polar surface area (TPSA) is 322 Å². The second-order valence-electron chi connectivity index (χ2n) is 13.7. The van der Waals surface area contributed by atoms with Crippen LogP contribution < -0.4 is 38.5 Å². The largest absolute Gasteiger partial charge is 0.507 e. The lowest BCUT2D eigenvalue weighted by Crippen LogP contribution is -2.57. The number of aliphatic hydroxyl groups is 1. The lowest BCUT2D eigenvalue weighted by molar-refractivity contribution is -0.145. The summed E-state index contributed by atoms with van der Waals surface area (Å²) in [5, 5.41) is 42.1. The molecule has 4 amide bonds. The van der Waals surface area contributed by atoms with Crippen molar-refractivity contribution >= 4 is 52.8 Å². The number of hydrogen-bond acceptors (Lipinski definition) is 12. The van der Waals surface area contributed by atoms with Crippen LogP contribution in [0, 0.1) is 0 Å². The Hall–Kier alpha value is -6.08. The van der Waals surface area contributed by atoms with Crippen molar-refractivity contribution in [3.8, 4) is 5.75 Å². The summed E-state index contributed by atoms with van der Waals surface area (Å²) in [6, 6.07) is 3.55. The number of ketones is 2. The molecular weight excluding hydrogens is 730 g/mol. The normalized spacial score (nSPS) is 16.8. The van der Waals surface area contributed by atoms with Crippen LogP contribution in [-0.4, -0.2) is 124 Å². The molecule has 1 aliphatic heterocycles. The summed E-state index contributed by atoms with van der Waals surface area (Å²) < 4.78 is 0. The number of unbranched alkanes of at least 4 members (excludes halogenated alkanes) is 1. The van der Waals surface area contributed by atoms with E-state index in [1.54, 1.807) is 12.1 Å². The van der Waals surface area contributed by atoms with Crippen LogP contribution >= 0.6 is 0 Å². The average Bonchev–Trinajstić information content (AvgIpc) is 3.65. The third-order valence-electron chi connectivity index (χ3n) is 9.54. The number of nitrogens with zero attached hydrogens (tertiary/aromatic N) is 2. The van der Waals surface area contributed by atoms with Crippen molar-refractivity contribution in [1.29, 1.82) is 0 Å². The van der Waals surface area contributed by atoms with Gasteiger partial charge in [-0.1, -0.05) is 24.3 Å². The van der Waals surface area contributed by atoms with E-state index in [9.17, 15) is 48.9 Å². The molecule has 2 aliphatic rings. The van der Waals surface area contributed by atoms with E-state index in [1.165, 1.54) is 36.1 Å². The minimum absolute atomic E-state index is 0.0160. The molecule has 1 fully saturated rings. The number of carbonyl (C=O) groups excluding carboxylic acids is 6. The Morgan fingerprint density at radius 1 is 0.911 bits per heavy atom. The maximum atomic E-state index is 14.2. The number of amides is 4. The molecule has 0 unspecified atom stereocenters. The van der Waals surface area contributed by atoms with E-state index in [0.29, 0.717) is 25.8 Å². The Morgan fingerprint density at radius 2 is 1.57 bits per heavy atom. The van der Waals surface area contributed by atoms with Gasteiger partial charge in [0.1, 0.15) is 29.9 Å². The number of anilines is 1. The number of fused-ring (bicyclic) bond motifs is 2. The number of likely N-dealkylation sites (tertiary alicyclic amines) is 1. The molecule has 19 heteroatoms. The fourth-order valence-corrected chi connectivity index (χ4v) is 6.76. The molecule has 4 rings (SSSR count). The number of phenolic OH excluding ortho intramolecular Hbond substituents is 1. The number of benzene rings is 2. The number of aromatic hydroxyl groups is 1. The lowest BCUT2D eigenvalue weighted by atomic mass is 9.82. The van der Waals surface area contributed by atoms with E-state index >= 15 is 0 Å². The van der Waals surface area contributed by atoms with E-state index in [0.717, 1.165) is 0 Å². The molecule has 0 spiro atoms. The van der Waals surface area contributed by atoms with Crippen molar-refractivity contribution in [1.82, 2.24) is 20.9 Å². The summed E-state index contributed by atoms with van der Waals surface area (Å²) >= 11 is 0. The monoisotopic (exact) mass is 779 g/mol. The summed E-state index contributed by atoms with van der Waals surface area (Å²) in [6.07, 6.45) is 0.407. The fourth-order valence-electron chi connectivity index (χ4n) is 6.76. The van der Waals surface area contributed by atoms with Gasteiger partial charge in [0.25, 0.3) is 0 Å². The van der Waals surface area contributed by atoms with Crippen molar-refractivity contribution in [3.05, 3.63) is 58.7 Å². The highest BCUT2D eigenvalue weighted by atomic mass is 16.4. The second kappa shape index (κ2) is 19.5. The maximum Gasteiger partial charge on any atom is 0.326 e. The molecule has 0 radical (unpaired) electrons. The zero-order valence-electron chi connectivity index (χ0n) is 31.0. The molecule has 2 aromatic rings. The van der Waals surface area contributed by atoms with Crippen LogP contribution in [0.1, 0.15) is 83.7 Å². The number of hydrogen-bond donors (Lipinski definition) is 10. The number of nitrogens with two attached hydrogens (primary N) is 3. The van der Waals surface area contributed by atoms with Gasteiger partial charge in [-0.25, -0.2) is 4.79 Å². The van der Waals surface area contributed by atoms with E-state index in [2.05, 4.69) is 26.3 Å². The van der Waals surface area contributed by atoms with Gasteiger partial charge in [-0.05, 0) is 70.5 Å². The zero-order chi connectivity index (χ0) is 41.1. The molecule has 1 saturated heterocycles. The summed E-state index contributed by atoms with van der Waals surface area (Å²) in [4.78, 5) is 96.8. The van der Waals surface area contributed by atoms with E-state index < -0.39 is 77.2 Å². The van der Waals surface area contributed by atoms with Crippen molar-refractivity contribution in [2.24, 2.45) is 22.2 Å². The minimum atomic E-state index is -1.48. The van der Waals surface area contributed by atoms with Crippen molar-refractivity contribution < 1.29 is 48.9 Å². The Balaban J connectivity index is 1.55. The number of aliphatic hydroxyl groups excluding tert-OH is 1. The van der Waals surface area contributed by atoms with Crippen LogP contribution in [0.3, 0.4) is 0 Å². The Kier molecular flexibility index (Phi) is 14.8. The number of nitrogens with one attached hydrogen (secondary N) is 4. The van der Waals surface area contributed by atoms with E-state index in [-0.39, 0.29) is 79.2 Å². The number of carboxylic acid groups (broad SMARTS) is 1. The number of aliphatic imine (C=N–C) groups is 1. The van der Waals surface area contributed by atoms with Crippen molar-refractivity contribution in [2.45, 2.75) is 82.1 Å². The van der Waals surface area contributed by atoms with Gasteiger partial charge >= 0.3 is 5.97 Å². The van der Waals surface area contributed by atoms with Crippen molar-refractivity contribution in [2.75, 3.05) is 31.5 Å². The standard InChI is InChI=1S/C37H49N9O10/c1-19(47)30(43-22-13-14-26(48)29-28(22)31(50)20-8-2-3-9-21(20)32(29)51)34(53)44-23(10-4-5-15-41-18-27(38)49)35(54)46-17-7-12-25(46)33(52)45-24(36(55)56)11-6-16-42-37(39)40/h2-3,8-9,13-14,19,23-25,30,41,43,47-48H,4-7,10-12,15-18H2,1H3,(H2,38,49)(H,44,53)(H,45,52)(H,55,56)(H4,39,40,42)/t19-,23+,24+,25+,30+/m1/s1. The number of phenols is 1. The summed E-state index contributed by atoms with van der Waals surface area (Å²) in [6.45, 7) is 1.91. The van der Waals surface area contributed by atoms with E-state index in [1.807, 2.05) is 0 Å². The molecule has 1 heterocycles. The number of carboxylic acids is 1. The third kappa shape index (κ3) is 10.6. The van der Waals surface area contributed by atoms with E-state index in [4.69, 9.17) is 17.2 Å². The molecule has 2 aromatic carbocycles. The van der Waals surface area contributed by atoms with Crippen LogP contribution in [0.15, 0.2) is 41.4 Å². The van der Waals surface area contributed by atoms with Gasteiger partial charge in [0.2, 0.25) is 23.6 Å². The van der Waals surface area contributed by atoms with Crippen LogP contribution in [-0.2, 0) is 24.0 Å².